The first-order valence-corrected chi connectivity index (χ1v) is 8.95. The summed E-state index contributed by atoms with van der Waals surface area (Å²) in [6.07, 6.45) is 1.20. The predicted molar refractivity (Wildman–Crippen MR) is 103 cm³/mol. The van der Waals surface area contributed by atoms with Crippen LogP contribution < -0.4 is 10.9 Å². The number of rotatable bonds is 5. The average molecular weight is 448 g/mol. The number of benzene rings is 2. The largest absolute Gasteiger partial charge is 0.467 e. The van der Waals surface area contributed by atoms with Crippen molar-refractivity contribution in [3.8, 4) is 0 Å². The van der Waals surface area contributed by atoms with Crippen molar-refractivity contribution in [3.05, 3.63) is 75.0 Å². The van der Waals surface area contributed by atoms with Gasteiger partial charge in [-0.05, 0) is 35.9 Å². The fourth-order valence-electron chi connectivity index (χ4n) is 2.66. The van der Waals surface area contributed by atoms with Crippen LogP contribution in [0.15, 0.2) is 58.1 Å². The molecule has 1 unspecified atom stereocenters. The molecule has 9 heteroatoms. The SMILES string of the molecule is COC(=O)C(NC(=O)Cn1cnc2ccc(F)cc2c1=O)c1ccc(Br)cc1. The average Bonchev–Trinajstić information content (AvgIpc) is 2.69. The van der Waals surface area contributed by atoms with E-state index in [0.29, 0.717) is 11.1 Å². The summed E-state index contributed by atoms with van der Waals surface area (Å²) in [7, 11) is 1.21. The summed E-state index contributed by atoms with van der Waals surface area (Å²) >= 11 is 3.30. The molecule has 0 fully saturated rings. The topological polar surface area (TPSA) is 90.3 Å². The number of hydrogen-bond acceptors (Lipinski definition) is 5. The minimum absolute atomic E-state index is 0.0627. The Morgan fingerprint density at radius 1 is 1.25 bits per heavy atom. The molecule has 0 radical (unpaired) electrons. The Kier molecular flexibility index (Phi) is 5.84. The molecule has 1 atom stereocenters. The summed E-state index contributed by atoms with van der Waals surface area (Å²) < 4.78 is 20.0. The Morgan fingerprint density at radius 3 is 2.64 bits per heavy atom. The third kappa shape index (κ3) is 4.25. The number of fused-ring (bicyclic) bond motifs is 1. The summed E-state index contributed by atoms with van der Waals surface area (Å²) in [6, 6.07) is 9.40. The first-order valence-electron chi connectivity index (χ1n) is 8.16. The first kappa shape index (κ1) is 19.7. The van der Waals surface area contributed by atoms with Gasteiger partial charge in [-0.1, -0.05) is 28.1 Å². The molecule has 0 aliphatic carbocycles. The number of nitrogens with zero attached hydrogens (tertiary/aromatic N) is 2. The molecular formula is C19H15BrFN3O4. The minimum Gasteiger partial charge on any atom is -0.467 e. The van der Waals surface area contributed by atoms with Crippen LogP contribution in [-0.2, 0) is 20.9 Å². The number of nitrogens with one attached hydrogen (secondary N) is 1. The van der Waals surface area contributed by atoms with Crippen LogP contribution in [0.2, 0.25) is 0 Å². The summed E-state index contributed by atoms with van der Waals surface area (Å²) in [6.45, 7) is -0.387. The van der Waals surface area contributed by atoms with Crippen molar-refractivity contribution in [1.29, 1.82) is 0 Å². The van der Waals surface area contributed by atoms with Crippen LogP contribution in [0, 0.1) is 5.82 Å². The molecule has 3 rings (SSSR count). The maximum Gasteiger partial charge on any atom is 0.333 e. The zero-order valence-electron chi connectivity index (χ0n) is 14.7. The molecule has 0 saturated carbocycles. The number of methoxy groups -OCH3 is 1. The zero-order chi connectivity index (χ0) is 20.3. The van der Waals surface area contributed by atoms with Crippen LogP contribution >= 0.6 is 15.9 Å². The van der Waals surface area contributed by atoms with Crippen LogP contribution in [0.5, 0.6) is 0 Å². The zero-order valence-corrected chi connectivity index (χ0v) is 16.3. The van der Waals surface area contributed by atoms with Crippen LogP contribution in [0.3, 0.4) is 0 Å². The molecule has 1 heterocycles. The fraction of sp³-hybridized carbons (Fsp3) is 0.158. The second-order valence-electron chi connectivity index (χ2n) is 5.91. The standard InChI is InChI=1S/C19H15BrFN3O4/c1-28-19(27)17(11-2-4-12(20)5-3-11)23-16(25)9-24-10-22-15-7-6-13(21)8-14(15)18(24)26/h2-8,10,17H,9H2,1H3,(H,23,25). The van der Waals surface area contributed by atoms with Crippen LogP contribution in [0.4, 0.5) is 4.39 Å². The maximum atomic E-state index is 13.4. The van der Waals surface area contributed by atoms with Gasteiger partial charge < -0.3 is 10.1 Å². The molecule has 144 valence electrons. The van der Waals surface area contributed by atoms with E-state index >= 15 is 0 Å². The lowest BCUT2D eigenvalue weighted by molar-refractivity contribution is -0.145. The molecule has 1 amide bonds. The predicted octanol–water partition coefficient (Wildman–Crippen LogP) is 2.33. The Hall–Kier alpha value is -3.07. The van der Waals surface area contributed by atoms with Crippen molar-refractivity contribution in [2.75, 3.05) is 7.11 Å². The Labute approximate surface area is 167 Å². The highest BCUT2D eigenvalue weighted by Gasteiger charge is 2.24. The van der Waals surface area contributed by atoms with Crippen LogP contribution in [-0.4, -0.2) is 28.5 Å². The number of esters is 1. The highest BCUT2D eigenvalue weighted by atomic mass is 79.9. The molecule has 0 bridgehead atoms. The molecule has 1 aromatic heterocycles. The van der Waals surface area contributed by atoms with Crippen molar-refractivity contribution in [1.82, 2.24) is 14.9 Å². The Bertz CT molecular complexity index is 1100. The molecule has 0 aliphatic rings. The second kappa shape index (κ2) is 8.30. The molecule has 7 nitrogen and oxygen atoms in total. The lowest BCUT2D eigenvalue weighted by Gasteiger charge is -2.17. The summed E-state index contributed by atoms with van der Waals surface area (Å²) in [4.78, 5) is 41.1. The van der Waals surface area contributed by atoms with Gasteiger partial charge >= 0.3 is 5.97 Å². The first-order chi connectivity index (χ1) is 13.4. The number of ether oxygens (including phenoxy) is 1. The Balaban J connectivity index is 1.84. The van der Waals surface area contributed by atoms with Gasteiger partial charge in [0.2, 0.25) is 5.91 Å². The van der Waals surface area contributed by atoms with E-state index < -0.39 is 29.3 Å². The van der Waals surface area contributed by atoms with Gasteiger partial charge in [-0.2, -0.15) is 0 Å². The van der Waals surface area contributed by atoms with Crippen LogP contribution in [0.25, 0.3) is 10.9 Å². The van der Waals surface area contributed by atoms with Crippen molar-refractivity contribution < 1.29 is 18.7 Å². The van der Waals surface area contributed by atoms with Crippen molar-refractivity contribution in [3.63, 3.8) is 0 Å². The molecule has 3 aromatic rings. The Morgan fingerprint density at radius 2 is 1.96 bits per heavy atom. The van der Waals surface area contributed by atoms with Gasteiger partial charge in [0.15, 0.2) is 6.04 Å². The van der Waals surface area contributed by atoms with Crippen molar-refractivity contribution >= 4 is 38.7 Å². The van der Waals surface area contributed by atoms with Gasteiger partial charge in [-0.25, -0.2) is 14.2 Å². The summed E-state index contributed by atoms with van der Waals surface area (Å²) in [5.74, 6) is -1.82. The monoisotopic (exact) mass is 447 g/mol. The molecular weight excluding hydrogens is 433 g/mol. The highest BCUT2D eigenvalue weighted by molar-refractivity contribution is 9.10. The van der Waals surface area contributed by atoms with Gasteiger partial charge in [0, 0.05) is 4.47 Å². The smallest absolute Gasteiger partial charge is 0.333 e. The third-order valence-corrected chi connectivity index (χ3v) is 4.57. The maximum absolute atomic E-state index is 13.4. The lowest BCUT2D eigenvalue weighted by Crippen LogP contribution is -2.38. The summed E-state index contributed by atoms with van der Waals surface area (Å²) in [5.41, 5.74) is 0.290. The highest BCUT2D eigenvalue weighted by Crippen LogP contribution is 2.18. The number of carbonyl (C=O) groups excluding carboxylic acids is 2. The molecule has 0 saturated heterocycles. The minimum atomic E-state index is -1.04. The van der Waals surface area contributed by atoms with E-state index in [2.05, 4.69) is 26.2 Å². The van der Waals surface area contributed by atoms with E-state index in [1.54, 1.807) is 24.3 Å². The second-order valence-corrected chi connectivity index (χ2v) is 6.83. The fourth-order valence-corrected chi connectivity index (χ4v) is 2.92. The number of carbonyl (C=O) groups is 2. The van der Waals surface area contributed by atoms with E-state index in [9.17, 15) is 18.8 Å². The molecule has 2 aromatic carbocycles. The molecule has 0 aliphatic heterocycles. The molecule has 1 N–H and O–H groups in total. The normalized spacial score (nSPS) is 11.8. The number of amides is 1. The van der Waals surface area contributed by atoms with Crippen LogP contribution in [0.1, 0.15) is 11.6 Å². The number of halogens is 2. The van der Waals surface area contributed by atoms with Crippen molar-refractivity contribution in [2.45, 2.75) is 12.6 Å². The third-order valence-electron chi connectivity index (χ3n) is 4.05. The van der Waals surface area contributed by atoms with E-state index in [-0.39, 0.29) is 11.9 Å². The van der Waals surface area contributed by atoms with Gasteiger partial charge in [-0.15, -0.1) is 0 Å². The van der Waals surface area contributed by atoms with E-state index in [4.69, 9.17) is 4.74 Å². The van der Waals surface area contributed by atoms with Gasteiger partial charge in [0.1, 0.15) is 12.4 Å². The van der Waals surface area contributed by atoms with Gasteiger partial charge in [-0.3, -0.25) is 14.2 Å². The lowest BCUT2D eigenvalue weighted by atomic mass is 10.1. The van der Waals surface area contributed by atoms with Gasteiger partial charge in [0.05, 0.1) is 24.3 Å². The summed E-state index contributed by atoms with van der Waals surface area (Å²) in [5, 5.41) is 2.61. The van der Waals surface area contributed by atoms with E-state index in [0.717, 1.165) is 15.1 Å². The van der Waals surface area contributed by atoms with E-state index in [1.807, 2.05) is 0 Å². The quantitative estimate of drug-likeness (QED) is 0.606. The van der Waals surface area contributed by atoms with Gasteiger partial charge in [0.25, 0.3) is 5.56 Å². The molecule has 28 heavy (non-hydrogen) atoms. The van der Waals surface area contributed by atoms with Crippen molar-refractivity contribution in [2.24, 2.45) is 0 Å². The number of hydrogen-bond donors (Lipinski definition) is 1. The number of aromatic nitrogens is 2. The molecule has 0 spiro atoms. The van der Waals surface area contributed by atoms with E-state index in [1.165, 1.54) is 25.6 Å².